The fourth-order valence-electron chi connectivity index (χ4n) is 1.27. The molecule has 0 saturated carbocycles. The molecule has 0 bridgehead atoms. The van der Waals surface area contributed by atoms with Crippen LogP contribution in [0.1, 0.15) is 23.8 Å². The van der Waals surface area contributed by atoms with E-state index in [2.05, 4.69) is 15.1 Å². The van der Waals surface area contributed by atoms with Crippen LogP contribution in [-0.2, 0) is 4.74 Å². The van der Waals surface area contributed by atoms with Crippen LogP contribution in [0.4, 0.5) is 0 Å². The van der Waals surface area contributed by atoms with Gasteiger partial charge in [-0.2, -0.15) is 4.98 Å². The number of rotatable bonds is 5. The third-order valence-electron chi connectivity index (χ3n) is 2.11. The summed E-state index contributed by atoms with van der Waals surface area (Å²) in [6.07, 6.45) is 1.71. The van der Waals surface area contributed by atoms with E-state index < -0.39 is 0 Å². The molecule has 1 unspecified atom stereocenters. The Balaban J connectivity index is 2.10. The monoisotopic (exact) mass is 254 g/mol. The predicted molar refractivity (Wildman–Crippen MR) is 63.6 cm³/mol. The molecule has 2 N–H and O–H groups in total. The molecule has 7 heteroatoms. The Morgan fingerprint density at radius 1 is 1.59 bits per heavy atom. The Morgan fingerprint density at radius 2 is 2.41 bits per heavy atom. The van der Waals surface area contributed by atoms with E-state index in [4.69, 9.17) is 15.0 Å². The van der Waals surface area contributed by atoms with E-state index in [0.717, 1.165) is 9.88 Å². The number of nitrogens with two attached hydrogens (primary N) is 1. The lowest BCUT2D eigenvalue weighted by Gasteiger charge is -2.05. The molecule has 6 nitrogen and oxygen atoms in total. The zero-order valence-electron chi connectivity index (χ0n) is 9.71. The van der Waals surface area contributed by atoms with E-state index in [1.54, 1.807) is 6.20 Å². The molecular weight excluding hydrogens is 240 g/mol. The summed E-state index contributed by atoms with van der Waals surface area (Å²) in [5, 5.41) is 4.80. The molecule has 0 aliphatic rings. The Bertz CT molecular complexity index is 482. The summed E-state index contributed by atoms with van der Waals surface area (Å²) in [6.45, 7) is 4.84. The van der Waals surface area contributed by atoms with Crippen molar-refractivity contribution in [1.82, 2.24) is 15.1 Å². The van der Waals surface area contributed by atoms with Crippen molar-refractivity contribution in [2.45, 2.75) is 19.9 Å². The molecule has 2 heterocycles. The highest BCUT2D eigenvalue weighted by Gasteiger charge is 2.16. The van der Waals surface area contributed by atoms with E-state index in [1.165, 1.54) is 11.3 Å². The second-order valence-corrected chi connectivity index (χ2v) is 4.70. The van der Waals surface area contributed by atoms with Gasteiger partial charge < -0.3 is 15.0 Å². The predicted octanol–water partition coefficient (Wildman–Crippen LogP) is 1.54. The molecule has 92 valence electrons. The first-order chi connectivity index (χ1) is 8.20. The van der Waals surface area contributed by atoms with Crippen molar-refractivity contribution in [3.05, 3.63) is 17.0 Å². The van der Waals surface area contributed by atoms with Gasteiger partial charge in [-0.25, -0.2) is 4.98 Å². The van der Waals surface area contributed by atoms with Crippen molar-refractivity contribution in [3.8, 4) is 10.8 Å². The average molecular weight is 254 g/mol. The van der Waals surface area contributed by atoms with Crippen molar-refractivity contribution in [2.24, 2.45) is 5.73 Å². The van der Waals surface area contributed by atoms with E-state index in [-0.39, 0.29) is 6.04 Å². The molecule has 17 heavy (non-hydrogen) atoms. The second-order valence-electron chi connectivity index (χ2n) is 3.47. The van der Waals surface area contributed by atoms with Crippen LogP contribution in [0.5, 0.6) is 0 Å². The molecule has 0 aliphatic heterocycles. The van der Waals surface area contributed by atoms with E-state index in [0.29, 0.717) is 24.9 Å². The van der Waals surface area contributed by atoms with Crippen molar-refractivity contribution >= 4 is 11.3 Å². The minimum atomic E-state index is -0.360. The maximum absolute atomic E-state index is 5.86. The highest BCUT2D eigenvalue weighted by Crippen LogP contribution is 2.24. The lowest BCUT2D eigenvalue weighted by molar-refractivity contribution is 0.130. The summed E-state index contributed by atoms with van der Waals surface area (Å²) in [6, 6.07) is -0.360. The molecule has 2 aromatic rings. The Morgan fingerprint density at radius 3 is 3.06 bits per heavy atom. The van der Waals surface area contributed by atoms with Gasteiger partial charge in [0.2, 0.25) is 0 Å². The van der Waals surface area contributed by atoms with Crippen molar-refractivity contribution in [3.63, 3.8) is 0 Å². The topological polar surface area (TPSA) is 87.1 Å². The van der Waals surface area contributed by atoms with Gasteiger partial charge in [-0.05, 0) is 13.8 Å². The number of aromatic nitrogens is 3. The number of nitrogens with zero attached hydrogens (tertiary/aromatic N) is 3. The van der Waals surface area contributed by atoms with Crippen molar-refractivity contribution < 1.29 is 9.26 Å². The molecule has 2 aromatic heterocycles. The van der Waals surface area contributed by atoms with Gasteiger partial charge in [-0.15, -0.1) is 11.3 Å². The van der Waals surface area contributed by atoms with Crippen LogP contribution in [0, 0.1) is 6.92 Å². The minimum Gasteiger partial charge on any atom is -0.380 e. The Hall–Kier alpha value is -1.31. The summed E-state index contributed by atoms with van der Waals surface area (Å²) in [5.74, 6) is 0.914. The number of aryl methyl sites for hydroxylation is 1. The minimum absolute atomic E-state index is 0.360. The average Bonchev–Trinajstić information content (AvgIpc) is 2.93. The standard InChI is InChI=1S/C10H14N4O2S/c1-3-15-5-7(11)9-13-10(16-14-9)8-4-12-6(2)17-8/h4,7H,3,5,11H2,1-2H3. The normalized spacial score (nSPS) is 12.9. The molecule has 2 rings (SSSR count). The highest BCUT2D eigenvalue weighted by molar-refractivity contribution is 7.14. The van der Waals surface area contributed by atoms with Gasteiger partial charge in [0.15, 0.2) is 5.82 Å². The van der Waals surface area contributed by atoms with Gasteiger partial charge in [-0.1, -0.05) is 5.16 Å². The fourth-order valence-corrected chi connectivity index (χ4v) is 1.96. The first-order valence-corrected chi connectivity index (χ1v) is 6.12. The van der Waals surface area contributed by atoms with Gasteiger partial charge in [0.25, 0.3) is 5.89 Å². The van der Waals surface area contributed by atoms with Crippen LogP contribution in [0.3, 0.4) is 0 Å². The second kappa shape index (κ2) is 5.35. The summed E-state index contributed by atoms with van der Waals surface area (Å²) in [5.41, 5.74) is 5.86. The van der Waals surface area contributed by atoms with Crippen LogP contribution < -0.4 is 5.73 Å². The lowest BCUT2D eigenvalue weighted by atomic mass is 10.3. The first-order valence-electron chi connectivity index (χ1n) is 5.30. The number of thiazole rings is 1. The van der Waals surface area contributed by atoms with Gasteiger partial charge in [0.1, 0.15) is 4.88 Å². The number of hydrogen-bond donors (Lipinski definition) is 1. The van der Waals surface area contributed by atoms with Crippen LogP contribution in [0.25, 0.3) is 10.8 Å². The van der Waals surface area contributed by atoms with E-state index in [1.807, 2.05) is 13.8 Å². The zero-order chi connectivity index (χ0) is 12.3. The number of ether oxygens (including phenoxy) is 1. The zero-order valence-corrected chi connectivity index (χ0v) is 10.5. The molecule has 0 radical (unpaired) electrons. The molecule has 0 amide bonds. The first kappa shape index (κ1) is 12.2. The van der Waals surface area contributed by atoms with E-state index >= 15 is 0 Å². The van der Waals surface area contributed by atoms with Gasteiger partial charge in [-0.3, -0.25) is 0 Å². The third kappa shape index (κ3) is 2.87. The van der Waals surface area contributed by atoms with E-state index in [9.17, 15) is 0 Å². The van der Waals surface area contributed by atoms with Crippen LogP contribution >= 0.6 is 11.3 Å². The molecule has 1 atom stereocenters. The van der Waals surface area contributed by atoms with Crippen molar-refractivity contribution in [2.75, 3.05) is 13.2 Å². The van der Waals surface area contributed by atoms with Crippen LogP contribution in [-0.4, -0.2) is 28.3 Å². The summed E-state index contributed by atoms with van der Waals surface area (Å²) < 4.78 is 10.4. The maximum Gasteiger partial charge on any atom is 0.269 e. The lowest BCUT2D eigenvalue weighted by Crippen LogP contribution is -2.18. The van der Waals surface area contributed by atoms with Crippen LogP contribution in [0.2, 0.25) is 0 Å². The summed E-state index contributed by atoms with van der Waals surface area (Å²) in [7, 11) is 0. The quantitative estimate of drug-likeness (QED) is 0.870. The van der Waals surface area contributed by atoms with Crippen LogP contribution in [0.15, 0.2) is 10.7 Å². The fraction of sp³-hybridized carbons (Fsp3) is 0.500. The van der Waals surface area contributed by atoms with Crippen molar-refractivity contribution in [1.29, 1.82) is 0 Å². The Kier molecular flexibility index (Phi) is 3.82. The smallest absolute Gasteiger partial charge is 0.269 e. The van der Waals surface area contributed by atoms with Gasteiger partial charge in [0.05, 0.1) is 23.9 Å². The number of hydrogen-bond acceptors (Lipinski definition) is 7. The maximum atomic E-state index is 5.86. The SMILES string of the molecule is CCOCC(N)c1noc(-c2cnc(C)s2)n1. The third-order valence-corrected chi connectivity index (χ3v) is 3.01. The molecule has 0 spiro atoms. The molecule has 0 aliphatic carbocycles. The molecule has 0 aromatic carbocycles. The highest BCUT2D eigenvalue weighted by atomic mass is 32.1. The van der Waals surface area contributed by atoms with Gasteiger partial charge >= 0.3 is 0 Å². The summed E-state index contributed by atoms with van der Waals surface area (Å²) >= 11 is 1.50. The molecule has 0 saturated heterocycles. The largest absolute Gasteiger partial charge is 0.380 e. The van der Waals surface area contributed by atoms with Gasteiger partial charge in [0, 0.05) is 6.61 Å². The summed E-state index contributed by atoms with van der Waals surface area (Å²) in [4.78, 5) is 9.22. The Labute approximate surface area is 103 Å². The molecular formula is C10H14N4O2S. The molecule has 0 fully saturated rings.